The maximum Gasteiger partial charge on any atom is 0.333 e. The Bertz CT molecular complexity index is 1220. The number of benzene rings is 1. The highest BCUT2D eigenvalue weighted by atomic mass is 16.5. The molecule has 27 heavy (non-hydrogen) atoms. The largest absolute Gasteiger partial charge is 0.497 e. The molecule has 3 aromatic rings. The number of H-pyrrole nitrogens is 1. The molecule has 0 aliphatic carbocycles. The van der Waals surface area contributed by atoms with Crippen LogP contribution in [-0.4, -0.2) is 33.3 Å². The van der Waals surface area contributed by atoms with Crippen LogP contribution >= 0.6 is 0 Å². The van der Waals surface area contributed by atoms with Gasteiger partial charge in [-0.25, -0.2) is 14.3 Å². The highest BCUT2D eigenvalue weighted by molar-refractivity contribution is 5.70. The van der Waals surface area contributed by atoms with Crippen molar-refractivity contribution in [3.8, 4) is 35.7 Å². The summed E-state index contributed by atoms with van der Waals surface area (Å²) in [5.41, 5.74) is -0.0420. The minimum Gasteiger partial charge on any atom is -0.497 e. The SMILES string of the molecule is C#CCn1c(=O)c2[nH]c(C#Cc3cc(OC)cc(OC)c3)nc2n(C)c1=O. The van der Waals surface area contributed by atoms with E-state index in [1.165, 1.54) is 11.6 Å². The minimum absolute atomic E-state index is 0.120. The van der Waals surface area contributed by atoms with Crippen LogP contribution in [0.3, 0.4) is 0 Å². The second-order valence-corrected chi connectivity index (χ2v) is 5.57. The van der Waals surface area contributed by atoms with Crippen LogP contribution < -0.4 is 20.7 Å². The number of hydrogen-bond acceptors (Lipinski definition) is 5. The van der Waals surface area contributed by atoms with Crippen molar-refractivity contribution in [1.82, 2.24) is 19.1 Å². The highest BCUT2D eigenvalue weighted by Gasteiger charge is 2.14. The number of imidazole rings is 1. The predicted molar refractivity (Wildman–Crippen MR) is 100.0 cm³/mol. The molecule has 0 amide bonds. The Kier molecular flexibility index (Phi) is 4.73. The van der Waals surface area contributed by atoms with Gasteiger partial charge in [0.25, 0.3) is 5.56 Å². The molecule has 0 unspecified atom stereocenters. The molecule has 8 heteroatoms. The van der Waals surface area contributed by atoms with Gasteiger partial charge in [-0.05, 0) is 18.1 Å². The van der Waals surface area contributed by atoms with E-state index in [0.717, 1.165) is 4.57 Å². The van der Waals surface area contributed by atoms with Crippen molar-refractivity contribution in [2.24, 2.45) is 7.05 Å². The fraction of sp³-hybridized carbons (Fsp3) is 0.211. The van der Waals surface area contributed by atoms with E-state index in [-0.39, 0.29) is 23.5 Å². The summed E-state index contributed by atoms with van der Waals surface area (Å²) >= 11 is 0. The third-order valence-electron chi connectivity index (χ3n) is 3.91. The van der Waals surface area contributed by atoms with Crippen LogP contribution in [0.1, 0.15) is 11.4 Å². The van der Waals surface area contributed by atoms with E-state index in [1.54, 1.807) is 32.4 Å². The highest BCUT2D eigenvalue weighted by Crippen LogP contribution is 2.21. The third-order valence-corrected chi connectivity index (χ3v) is 3.91. The van der Waals surface area contributed by atoms with Gasteiger partial charge in [0.15, 0.2) is 17.0 Å². The second kappa shape index (κ2) is 7.14. The molecule has 0 fully saturated rings. The van der Waals surface area contributed by atoms with Crippen LogP contribution in [-0.2, 0) is 13.6 Å². The van der Waals surface area contributed by atoms with Crippen LogP contribution in [0, 0.1) is 24.2 Å². The Labute approximate surface area is 154 Å². The van der Waals surface area contributed by atoms with Crippen LogP contribution in [0.2, 0.25) is 0 Å². The summed E-state index contributed by atoms with van der Waals surface area (Å²) in [6.45, 7) is -0.120. The first-order valence-corrected chi connectivity index (χ1v) is 7.86. The first-order chi connectivity index (χ1) is 13.0. The molecule has 0 spiro atoms. The Hall–Kier alpha value is -3.91. The topological polar surface area (TPSA) is 91.1 Å². The van der Waals surface area contributed by atoms with Crippen LogP contribution in [0.5, 0.6) is 11.5 Å². The van der Waals surface area contributed by atoms with E-state index >= 15 is 0 Å². The number of nitrogens with one attached hydrogen (secondary N) is 1. The lowest BCUT2D eigenvalue weighted by Gasteiger charge is -2.04. The molecule has 0 bridgehead atoms. The lowest BCUT2D eigenvalue weighted by Crippen LogP contribution is -2.38. The average Bonchev–Trinajstić information content (AvgIpc) is 3.12. The Morgan fingerprint density at radius 1 is 1.15 bits per heavy atom. The average molecular weight is 364 g/mol. The smallest absolute Gasteiger partial charge is 0.333 e. The fourth-order valence-corrected chi connectivity index (χ4v) is 2.55. The van der Waals surface area contributed by atoms with Crippen molar-refractivity contribution >= 4 is 11.2 Å². The van der Waals surface area contributed by atoms with Gasteiger partial charge in [0.05, 0.1) is 20.8 Å². The Morgan fingerprint density at radius 3 is 2.41 bits per heavy atom. The van der Waals surface area contributed by atoms with Gasteiger partial charge in [0.2, 0.25) is 0 Å². The number of aromatic nitrogens is 4. The Balaban J connectivity index is 2.11. The first-order valence-electron chi connectivity index (χ1n) is 7.86. The van der Waals surface area contributed by atoms with E-state index in [0.29, 0.717) is 17.1 Å². The van der Waals surface area contributed by atoms with E-state index < -0.39 is 11.2 Å². The van der Waals surface area contributed by atoms with Crippen molar-refractivity contribution in [2.75, 3.05) is 14.2 Å². The molecule has 0 atom stereocenters. The number of hydrogen-bond donors (Lipinski definition) is 1. The number of aryl methyl sites for hydroxylation is 1. The van der Waals surface area contributed by atoms with Gasteiger partial charge >= 0.3 is 5.69 Å². The number of fused-ring (bicyclic) bond motifs is 1. The molecule has 0 aliphatic heterocycles. The number of methoxy groups -OCH3 is 2. The lowest BCUT2D eigenvalue weighted by atomic mass is 10.2. The molecule has 0 saturated heterocycles. The monoisotopic (exact) mass is 364 g/mol. The third kappa shape index (κ3) is 3.29. The number of aromatic amines is 1. The van der Waals surface area contributed by atoms with Crippen molar-refractivity contribution < 1.29 is 9.47 Å². The fourth-order valence-electron chi connectivity index (χ4n) is 2.55. The van der Waals surface area contributed by atoms with Gasteiger partial charge in [-0.15, -0.1) is 6.42 Å². The van der Waals surface area contributed by atoms with Crippen molar-refractivity contribution in [1.29, 1.82) is 0 Å². The zero-order chi connectivity index (χ0) is 19.6. The normalized spacial score (nSPS) is 10.1. The minimum atomic E-state index is -0.533. The van der Waals surface area contributed by atoms with E-state index in [2.05, 4.69) is 27.7 Å². The first kappa shape index (κ1) is 17.9. The molecule has 0 saturated carbocycles. The maximum absolute atomic E-state index is 12.4. The number of terminal acetylenes is 1. The maximum atomic E-state index is 12.4. The van der Waals surface area contributed by atoms with Crippen molar-refractivity contribution in [3.63, 3.8) is 0 Å². The van der Waals surface area contributed by atoms with Gasteiger partial charge in [-0.3, -0.25) is 9.36 Å². The zero-order valence-electron chi connectivity index (χ0n) is 15.0. The van der Waals surface area contributed by atoms with Gasteiger partial charge in [-0.2, -0.15) is 0 Å². The van der Waals surface area contributed by atoms with Gasteiger partial charge in [0, 0.05) is 18.7 Å². The molecular weight excluding hydrogens is 348 g/mol. The summed E-state index contributed by atoms with van der Waals surface area (Å²) in [6.07, 6.45) is 5.23. The molecule has 0 radical (unpaired) electrons. The Morgan fingerprint density at radius 2 is 1.81 bits per heavy atom. The summed E-state index contributed by atoms with van der Waals surface area (Å²) in [7, 11) is 4.61. The van der Waals surface area contributed by atoms with Gasteiger partial charge in [-0.1, -0.05) is 11.8 Å². The molecular formula is C19H16N4O4. The lowest BCUT2D eigenvalue weighted by molar-refractivity contribution is 0.394. The van der Waals surface area contributed by atoms with Crippen LogP contribution in [0.4, 0.5) is 0 Å². The number of ether oxygens (including phenoxy) is 2. The van der Waals surface area contributed by atoms with Gasteiger partial charge < -0.3 is 14.5 Å². The number of nitrogens with zero attached hydrogens (tertiary/aromatic N) is 3. The van der Waals surface area contributed by atoms with Crippen molar-refractivity contribution in [3.05, 3.63) is 50.4 Å². The summed E-state index contributed by atoms with van der Waals surface area (Å²) < 4.78 is 12.6. The second-order valence-electron chi connectivity index (χ2n) is 5.57. The molecule has 2 heterocycles. The zero-order valence-corrected chi connectivity index (χ0v) is 15.0. The number of rotatable bonds is 3. The molecule has 3 rings (SSSR count). The molecule has 1 aromatic carbocycles. The van der Waals surface area contributed by atoms with E-state index in [4.69, 9.17) is 15.9 Å². The summed E-state index contributed by atoms with van der Waals surface area (Å²) in [5, 5.41) is 0. The molecule has 8 nitrogen and oxygen atoms in total. The molecule has 0 aliphatic rings. The van der Waals surface area contributed by atoms with Crippen LogP contribution in [0.15, 0.2) is 27.8 Å². The molecule has 2 aromatic heterocycles. The summed E-state index contributed by atoms with van der Waals surface area (Å²) in [4.78, 5) is 31.8. The van der Waals surface area contributed by atoms with Crippen LogP contribution in [0.25, 0.3) is 11.2 Å². The van der Waals surface area contributed by atoms with Gasteiger partial charge in [0.1, 0.15) is 11.5 Å². The van der Waals surface area contributed by atoms with E-state index in [1.807, 2.05) is 0 Å². The molecule has 136 valence electrons. The predicted octanol–water partition coefficient (Wildman–Crippen LogP) is 0.474. The standard InChI is InChI=1S/C19H16N4O4/c1-5-8-23-18(24)16-17(22(2)19(23)25)21-15(20-16)7-6-12-9-13(26-3)11-14(10-12)27-4/h1,9-11H,8H2,2-4H3,(H,20,21). The quantitative estimate of drug-likeness (QED) is 0.683. The summed E-state index contributed by atoms with van der Waals surface area (Å²) in [6, 6.07) is 5.22. The van der Waals surface area contributed by atoms with Crippen molar-refractivity contribution in [2.45, 2.75) is 6.54 Å². The molecule has 1 N–H and O–H groups in total. The van der Waals surface area contributed by atoms with E-state index in [9.17, 15) is 9.59 Å². The summed E-state index contributed by atoms with van der Waals surface area (Å²) in [5.74, 6) is 9.52.